The van der Waals surface area contributed by atoms with E-state index < -0.39 is 0 Å². The molecule has 3 rings (SSSR count). The van der Waals surface area contributed by atoms with Gasteiger partial charge in [0.1, 0.15) is 6.10 Å². The highest BCUT2D eigenvalue weighted by Gasteiger charge is 2.37. The standard InChI is InChI=1S/C12H14BrN3O2/c13-9-5-14-12(15-6-9)18-10-3-4-16(7-10)11(17)8-1-2-8/h5-6,8,10H,1-4,7H2. The van der Waals surface area contributed by atoms with Crippen LogP contribution in [0, 0.1) is 5.92 Å². The van der Waals surface area contributed by atoms with Crippen LogP contribution in [-0.4, -0.2) is 40.0 Å². The van der Waals surface area contributed by atoms with Gasteiger partial charge in [-0.25, -0.2) is 9.97 Å². The summed E-state index contributed by atoms with van der Waals surface area (Å²) in [6, 6.07) is 0.379. The summed E-state index contributed by atoms with van der Waals surface area (Å²) >= 11 is 3.28. The fraction of sp³-hybridized carbons (Fsp3) is 0.583. The topological polar surface area (TPSA) is 55.3 Å². The minimum absolute atomic E-state index is 0.0221. The summed E-state index contributed by atoms with van der Waals surface area (Å²) in [5.74, 6) is 0.575. The Morgan fingerprint density at radius 1 is 1.33 bits per heavy atom. The molecule has 1 amide bonds. The largest absolute Gasteiger partial charge is 0.458 e. The fourth-order valence-electron chi connectivity index (χ4n) is 2.12. The maximum atomic E-state index is 11.9. The summed E-state index contributed by atoms with van der Waals surface area (Å²) in [4.78, 5) is 21.9. The molecule has 1 aromatic heterocycles. The molecule has 1 aromatic rings. The van der Waals surface area contributed by atoms with Crippen LogP contribution in [0.5, 0.6) is 6.01 Å². The summed E-state index contributed by atoms with van der Waals surface area (Å²) in [5.41, 5.74) is 0. The molecule has 96 valence electrons. The number of aromatic nitrogens is 2. The van der Waals surface area contributed by atoms with Crippen molar-refractivity contribution in [3.63, 3.8) is 0 Å². The van der Waals surface area contributed by atoms with Gasteiger partial charge in [-0.15, -0.1) is 0 Å². The van der Waals surface area contributed by atoms with E-state index in [2.05, 4.69) is 25.9 Å². The van der Waals surface area contributed by atoms with E-state index in [-0.39, 0.29) is 17.9 Å². The Morgan fingerprint density at radius 2 is 2.06 bits per heavy atom. The van der Waals surface area contributed by atoms with Gasteiger partial charge < -0.3 is 9.64 Å². The van der Waals surface area contributed by atoms with Crippen molar-refractivity contribution < 1.29 is 9.53 Å². The van der Waals surface area contributed by atoms with Crippen molar-refractivity contribution in [1.29, 1.82) is 0 Å². The highest BCUT2D eigenvalue weighted by molar-refractivity contribution is 9.10. The smallest absolute Gasteiger partial charge is 0.316 e. The van der Waals surface area contributed by atoms with Gasteiger partial charge in [0.25, 0.3) is 0 Å². The third-order valence-corrected chi connectivity index (χ3v) is 3.66. The van der Waals surface area contributed by atoms with E-state index in [4.69, 9.17) is 4.74 Å². The van der Waals surface area contributed by atoms with Gasteiger partial charge in [-0.1, -0.05) is 0 Å². The first-order valence-corrected chi connectivity index (χ1v) is 6.94. The molecular formula is C12H14BrN3O2. The molecule has 1 aliphatic heterocycles. The molecule has 1 atom stereocenters. The van der Waals surface area contributed by atoms with E-state index in [1.807, 2.05) is 4.90 Å². The molecule has 0 bridgehead atoms. The van der Waals surface area contributed by atoms with Gasteiger partial charge in [0.15, 0.2) is 0 Å². The minimum Gasteiger partial charge on any atom is -0.458 e. The monoisotopic (exact) mass is 311 g/mol. The van der Waals surface area contributed by atoms with Crippen LogP contribution in [0.15, 0.2) is 16.9 Å². The Bertz CT molecular complexity index is 447. The number of halogens is 1. The summed E-state index contributed by atoms with van der Waals surface area (Å²) in [7, 11) is 0. The van der Waals surface area contributed by atoms with Crippen LogP contribution >= 0.6 is 15.9 Å². The highest BCUT2D eigenvalue weighted by Crippen LogP contribution is 2.32. The molecule has 1 aliphatic carbocycles. The average molecular weight is 312 g/mol. The zero-order chi connectivity index (χ0) is 12.5. The van der Waals surface area contributed by atoms with Crippen LogP contribution in [0.3, 0.4) is 0 Å². The van der Waals surface area contributed by atoms with Crippen molar-refractivity contribution in [3.05, 3.63) is 16.9 Å². The summed E-state index contributed by atoms with van der Waals surface area (Å²) < 4.78 is 6.50. The van der Waals surface area contributed by atoms with Crippen molar-refractivity contribution in [3.8, 4) is 6.01 Å². The van der Waals surface area contributed by atoms with Gasteiger partial charge in [-0.2, -0.15) is 0 Å². The van der Waals surface area contributed by atoms with Crippen LogP contribution in [0.1, 0.15) is 19.3 Å². The third-order valence-electron chi connectivity index (χ3n) is 3.25. The second-order valence-electron chi connectivity index (χ2n) is 4.77. The van der Waals surface area contributed by atoms with E-state index in [9.17, 15) is 4.79 Å². The van der Waals surface area contributed by atoms with Crippen LogP contribution in [-0.2, 0) is 4.79 Å². The number of nitrogens with zero attached hydrogens (tertiary/aromatic N) is 3. The van der Waals surface area contributed by atoms with Crippen molar-refractivity contribution in [1.82, 2.24) is 14.9 Å². The fourth-order valence-corrected chi connectivity index (χ4v) is 2.33. The van der Waals surface area contributed by atoms with Crippen molar-refractivity contribution in [2.75, 3.05) is 13.1 Å². The number of carbonyl (C=O) groups is 1. The van der Waals surface area contributed by atoms with Crippen LogP contribution in [0.25, 0.3) is 0 Å². The number of hydrogen-bond acceptors (Lipinski definition) is 4. The quantitative estimate of drug-likeness (QED) is 0.851. The molecule has 1 saturated heterocycles. The van der Waals surface area contributed by atoms with Crippen LogP contribution < -0.4 is 4.74 Å². The second-order valence-corrected chi connectivity index (χ2v) is 5.69. The Hall–Kier alpha value is -1.17. The normalized spacial score (nSPS) is 23.2. The summed E-state index contributed by atoms with van der Waals surface area (Å²) in [6.07, 6.45) is 6.30. The number of rotatable bonds is 3. The van der Waals surface area contributed by atoms with Crippen molar-refractivity contribution >= 4 is 21.8 Å². The van der Waals surface area contributed by atoms with E-state index in [0.29, 0.717) is 12.6 Å². The third kappa shape index (κ3) is 2.63. The molecular weight excluding hydrogens is 298 g/mol. The van der Waals surface area contributed by atoms with Crippen LogP contribution in [0.4, 0.5) is 0 Å². The SMILES string of the molecule is O=C(C1CC1)N1CCC(Oc2ncc(Br)cn2)C1. The van der Waals surface area contributed by atoms with Crippen molar-refractivity contribution in [2.45, 2.75) is 25.4 Å². The zero-order valence-electron chi connectivity index (χ0n) is 9.88. The lowest BCUT2D eigenvalue weighted by molar-refractivity contribution is -0.131. The number of carbonyl (C=O) groups excluding carboxylic acids is 1. The molecule has 18 heavy (non-hydrogen) atoms. The lowest BCUT2D eigenvalue weighted by Crippen LogP contribution is -2.32. The van der Waals surface area contributed by atoms with Gasteiger partial charge in [0, 0.05) is 31.3 Å². The van der Waals surface area contributed by atoms with E-state index in [0.717, 1.165) is 30.3 Å². The lowest BCUT2D eigenvalue weighted by Gasteiger charge is -2.16. The van der Waals surface area contributed by atoms with E-state index >= 15 is 0 Å². The number of ether oxygens (including phenoxy) is 1. The first kappa shape index (κ1) is 11.9. The molecule has 0 spiro atoms. The van der Waals surface area contributed by atoms with Crippen LogP contribution in [0.2, 0.25) is 0 Å². The Morgan fingerprint density at radius 3 is 2.72 bits per heavy atom. The van der Waals surface area contributed by atoms with Crippen molar-refractivity contribution in [2.24, 2.45) is 5.92 Å². The molecule has 0 radical (unpaired) electrons. The second kappa shape index (κ2) is 4.84. The van der Waals surface area contributed by atoms with Gasteiger partial charge in [-0.3, -0.25) is 4.79 Å². The molecule has 1 unspecified atom stereocenters. The first-order chi connectivity index (χ1) is 8.72. The maximum Gasteiger partial charge on any atom is 0.316 e. The maximum absolute atomic E-state index is 11.9. The predicted octanol–water partition coefficient (Wildman–Crippen LogP) is 1.63. The summed E-state index contributed by atoms with van der Waals surface area (Å²) in [5, 5.41) is 0. The molecule has 0 N–H and O–H groups in total. The Kier molecular flexibility index (Phi) is 3.20. The lowest BCUT2D eigenvalue weighted by atomic mass is 10.3. The zero-order valence-corrected chi connectivity index (χ0v) is 11.5. The average Bonchev–Trinajstić information content (AvgIpc) is 3.12. The Balaban J connectivity index is 1.55. The van der Waals surface area contributed by atoms with E-state index in [1.54, 1.807) is 12.4 Å². The molecule has 5 nitrogen and oxygen atoms in total. The highest BCUT2D eigenvalue weighted by atomic mass is 79.9. The van der Waals surface area contributed by atoms with Gasteiger partial charge >= 0.3 is 6.01 Å². The van der Waals surface area contributed by atoms with Gasteiger partial charge in [-0.05, 0) is 28.8 Å². The number of amides is 1. The van der Waals surface area contributed by atoms with Gasteiger partial charge in [0.05, 0.1) is 11.0 Å². The number of likely N-dealkylation sites (tertiary alicyclic amines) is 1. The molecule has 2 heterocycles. The minimum atomic E-state index is 0.0221. The van der Waals surface area contributed by atoms with E-state index in [1.165, 1.54) is 0 Å². The Labute approximate surface area is 114 Å². The summed E-state index contributed by atoms with van der Waals surface area (Å²) in [6.45, 7) is 1.45. The predicted molar refractivity (Wildman–Crippen MR) is 68.1 cm³/mol. The molecule has 2 fully saturated rings. The molecule has 1 saturated carbocycles. The first-order valence-electron chi connectivity index (χ1n) is 6.15. The number of hydrogen-bond donors (Lipinski definition) is 0. The molecule has 6 heteroatoms. The van der Waals surface area contributed by atoms with Gasteiger partial charge in [0.2, 0.25) is 5.91 Å². The molecule has 2 aliphatic rings. The molecule has 0 aromatic carbocycles.